The molecule has 1 saturated heterocycles. The van der Waals surface area contributed by atoms with Crippen molar-refractivity contribution in [3.05, 3.63) is 0 Å². The van der Waals surface area contributed by atoms with Gasteiger partial charge in [0.05, 0.1) is 0 Å². The van der Waals surface area contributed by atoms with E-state index in [-0.39, 0.29) is 6.61 Å². The minimum Gasteiger partial charge on any atom is -0.463 e. The van der Waals surface area contributed by atoms with Crippen molar-refractivity contribution in [3.8, 4) is 0 Å². The van der Waals surface area contributed by atoms with E-state index in [1.54, 1.807) is 0 Å². The molecule has 0 amide bonds. The highest BCUT2D eigenvalue weighted by atomic mass is 16.7. The Morgan fingerprint density at radius 2 is 1.65 bits per heavy atom. The van der Waals surface area contributed by atoms with Gasteiger partial charge in [-0.1, -0.05) is 0 Å². The summed E-state index contributed by atoms with van der Waals surface area (Å²) >= 11 is 0. The molecule has 1 N–H and O–H groups in total. The molecule has 134 valence electrons. The molecule has 1 fully saturated rings. The molecular weight excluding hydrogens is 312 g/mol. The molecule has 1 rings (SSSR count). The van der Waals surface area contributed by atoms with Gasteiger partial charge in [-0.3, -0.25) is 9.59 Å². The fraction of sp³-hybridized carbons (Fsp3) is 0.857. The van der Waals surface area contributed by atoms with Crippen LogP contribution in [0.1, 0.15) is 13.8 Å². The number of hydrogen-bond donors (Lipinski definition) is 1. The maximum atomic E-state index is 11.4. The second-order valence-corrected chi connectivity index (χ2v) is 5.04. The number of hydrogen-bond acceptors (Lipinski definition) is 9. The highest BCUT2D eigenvalue weighted by Gasteiger charge is 2.51. The van der Waals surface area contributed by atoms with Crippen LogP contribution in [0.5, 0.6) is 0 Å². The standard InChI is InChI=1S/C14H24O9/c1-7(15)21-6-9(18-3)10-12(22-8(2)16)11(19-4)13(20-5)14(17)23-10/h9-14,17H,6H2,1-5H3. The Labute approximate surface area is 134 Å². The van der Waals surface area contributed by atoms with Crippen LogP contribution in [0.4, 0.5) is 0 Å². The molecule has 0 aromatic rings. The fourth-order valence-corrected chi connectivity index (χ4v) is 2.49. The van der Waals surface area contributed by atoms with Crippen molar-refractivity contribution in [1.29, 1.82) is 0 Å². The summed E-state index contributed by atoms with van der Waals surface area (Å²) in [5.74, 6) is -1.05. The predicted molar refractivity (Wildman–Crippen MR) is 75.5 cm³/mol. The Bertz CT molecular complexity index is 400. The number of methoxy groups -OCH3 is 3. The molecule has 23 heavy (non-hydrogen) atoms. The quantitative estimate of drug-likeness (QED) is 0.600. The predicted octanol–water partition coefficient (Wildman–Crippen LogP) is -0.757. The van der Waals surface area contributed by atoms with E-state index in [4.69, 9.17) is 28.4 Å². The molecule has 9 heteroatoms. The minimum atomic E-state index is -1.32. The number of ether oxygens (including phenoxy) is 6. The van der Waals surface area contributed by atoms with E-state index in [0.29, 0.717) is 0 Å². The van der Waals surface area contributed by atoms with E-state index < -0.39 is 48.7 Å². The van der Waals surface area contributed by atoms with Gasteiger partial charge in [-0.05, 0) is 0 Å². The Morgan fingerprint density at radius 1 is 1.04 bits per heavy atom. The summed E-state index contributed by atoms with van der Waals surface area (Å²) in [6, 6.07) is 0. The zero-order valence-corrected chi connectivity index (χ0v) is 13.9. The molecule has 9 nitrogen and oxygen atoms in total. The molecular formula is C14H24O9. The second kappa shape index (κ2) is 9.14. The molecule has 1 aliphatic rings. The smallest absolute Gasteiger partial charge is 0.303 e. The van der Waals surface area contributed by atoms with Gasteiger partial charge in [-0.25, -0.2) is 0 Å². The number of aliphatic hydroxyl groups is 1. The largest absolute Gasteiger partial charge is 0.463 e. The van der Waals surface area contributed by atoms with Crippen molar-refractivity contribution in [1.82, 2.24) is 0 Å². The molecule has 0 saturated carbocycles. The summed E-state index contributed by atoms with van der Waals surface area (Å²) in [6.07, 6.45) is -5.55. The van der Waals surface area contributed by atoms with E-state index in [0.717, 1.165) is 0 Å². The molecule has 0 radical (unpaired) electrons. The Morgan fingerprint density at radius 3 is 2.09 bits per heavy atom. The van der Waals surface area contributed by atoms with Crippen molar-refractivity contribution >= 4 is 11.9 Å². The van der Waals surface area contributed by atoms with Gasteiger partial charge >= 0.3 is 11.9 Å². The first-order valence-electron chi connectivity index (χ1n) is 7.08. The van der Waals surface area contributed by atoms with Crippen LogP contribution in [0.15, 0.2) is 0 Å². The zero-order chi connectivity index (χ0) is 17.6. The third kappa shape index (κ3) is 5.11. The van der Waals surface area contributed by atoms with Crippen LogP contribution >= 0.6 is 0 Å². The van der Waals surface area contributed by atoms with Crippen LogP contribution < -0.4 is 0 Å². The van der Waals surface area contributed by atoms with E-state index in [2.05, 4.69) is 0 Å². The van der Waals surface area contributed by atoms with E-state index in [1.165, 1.54) is 35.2 Å². The van der Waals surface area contributed by atoms with Gasteiger partial charge < -0.3 is 33.5 Å². The molecule has 0 spiro atoms. The van der Waals surface area contributed by atoms with E-state index in [9.17, 15) is 14.7 Å². The third-order valence-corrected chi connectivity index (χ3v) is 3.52. The second-order valence-electron chi connectivity index (χ2n) is 5.04. The fourth-order valence-electron chi connectivity index (χ4n) is 2.49. The van der Waals surface area contributed by atoms with E-state index >= 15 is 0 Å². The number of esters is 2. The first-order chi connectivity index (χ1) is 10.8. The first kappa shape index (κ1) is 19.8. The summed E-state index contributed by atoms with van der Waals surface area (Å²) < 4.78 is 31.4. The lowest BCUT2D eigenvalue weighted by molar-refractivity contribution is -0.310. The van der Waals surface area contributed by atoms with Crippen LogP contribution in [0.2, 0.25) is 0 Å². The summed E-state index contributed by atoms with van der Waals surface area (Å²) in [7, 11) is 4.16. The molecule has 0 aromatic carbocycles. The lowest BCUT2D eigenvalue weighted by Crippen LogP contribution is -2.63. The number of carbonyl (C=O) groups excluding carboxylic acids is 2. The highest BCUT2D eigenvalue weighted by Crippen LogP contribution is 2.29. The average molecular weight is 336 g/mol. The molecule has 6 atom stereocenters. The van der Waals surface area contributed by atoms with Gasteiger partial charge in [-0.2, -0.15) is 0 Å². The molecule has 0 aliphatic carbocycles. The first-order valence-corrected chi connectivity index (χ1v) is 7.08. The van der Waals surface area contributed by atoms with Gasteiger partial charge in [0, 0.05) is 35.2 Å². The zero-order valence-electron chi connectivity index (χ0n) is 13.9. The number of rotatable bonds is 7. The Hall–Kier alpha value is -1.26. The molecule has 1 aliphatic heterocycles. The average Bonchev–Trinajstić information content (AvgIpc) is 2.48. The summed E-state index contributed by atoms with van der Waals surface area (Å²) in [6.45, 7) is 2.37. The lowest BCUT2D eigenvalue weighted by atomic mass is 9.94. The number of carbonyl (C=O) groups is 2. The van der Waals surface area contributed by atoms with Crippen LogP contribution in [0, 0.1) is 0 Å². The van der Waals surface area contributed by atoms with Crippen molar-refractivity contribution < 1.29 is 43.1 Å². The van der Waals surface area contributed by atoms with Crippen LogP contribution in [-0.2, 0) is 38.0 Å². The van der Waals surface area contributed by atoms with Gasteiger partial charge in [0.25, 0.3) is 0 Å². The van der Waals surface area contributed by atoms with Gasteiger partial charge in [-0.15, -0.1) is 0 Å². The summed E-state index contributed by atoms with van der Waals surface area (Å²) in [5.41, 5.74) is 0. The Balaban J connectivity index is 3.03. The van der Waals surface area contributed by atoms with Gasteiger partial charge in [0.1, 0.15) is 31.0 Å². The molecule has 0 aromatic heterocycles. The third-order valence-electron chi connectivity index (χ3n) is 3.52. The summed E-state index contributed by atoms with van der Waals surface area (Å²) in [5, 5.41) is 10.1. The molecule has 1 heterocycles. The van der Waals surface area contributed by atoms with Crippen LogP contribution in [0.3, 0.4) is 0 Å². The monoisotopic (exact) mass is 336 g/mol. The Kier molecular flexibility index (Phi) is 7.86. The van der Waals surface area contributed by atoms with Crippen LogP contribution in [-0.4, -0.2) is 81.8 Å². The van der Waals surface area contributed by atoms with Gasteiger partial charge in [0.15, 0.2) is 12.4 Å². The maximum absolute atomic E-state index is 11.4. The van der Waals surface area contributed by atoms with Crippen molar-refractivity contribution in [2.45, 2.75) is 50.7 Å². The van der Waals surface area contributed by atoms with Crippen molar-refractivity contribution in [2.75, 3.05) is 27.9 Å². The SMILES string of the molecule is COC(COC(C)=O)C1OC(O)C(OC)C(OC)C1OC(C)=O. The van der Waals surface area contributed by atoms with Crippen molar-refractivity contribution in [2.24, 2.45) is 0 Å². The topological polar surface area (TPSA) is 110 Å². The molecule has 0 bridgehead atoms. The normalized spacial score (nSPS) is 32.2. The maximum Gasteiger partial charge on any atom is 0.303 e. The molecule has 6 unspecified atom stereocenters. The minimum absolute atomic E-state index is 0.130. The van der Waals surface area contributed by atoms with Crippen molar-refractivity contribution in [3.63, 3.8) is 0 Å². The van der Waals surface area contributed by atoms with E-state index in [1.807, 2.05) is 0 Å². The number of aliphatic hydroxyl groups excluding tert-OH is 1. The van der Waals surface area contributed by atoms with Gasteiger partial charge in [0.2, 0.25) is 0 Å². The van der Waals surface area contributed by atoms with Crippen LogP contribution in [0.25, 0.3) is 0 Å². The summed E-state index contributed by atoms with van der Waals surface area (Å²) in [4.78, 5) is 22.4. The lowest BCUT2D eigenvalue weighted by Gasteiger charge is -2.44. The highest BCUT2D eigenvalue weighted by molar-refractivity contribution is 5.66.